The normalized spacial score (nSPS) is 10.3. The fraction of sp³-hybridized carbons (Fsp3) is 0.636. The van der Waals surface area contributed by atoms with Crippen LogP contribution in [0.3, 0.4) is 0 Å². The molecule has 0 radical (unpaired) electrons. The Hall–Kier alpha value is -0.490. The maximum absolute atomic E-state index is 5.10. The van der Waals surface area contributed by atoms with E-state index < -0.39 is 0 Å². The summed E-state index contributed by atoms with van der Waals surface area (Å²) < 4.78 is 5.87. The van der Waals surface area contributed by atoms with Crippen LogP contribution in [-0.2, 0) is 0 Å². The smallest absolute Gasteiger partial charge is 0.232 e. The van der Waals surface area contributed by atoms with Crippen molar-refractivity contribution in [3.63, 3.8) is 0 Å². The number of hydrogen-bond acceptors (Lipinski definition) is 5. The summed E-state index contributed by atoms with van der Waals surface area (Å²) in [5, 5.41) is 3.19. The largest absolute Gasteiger partial charge is 0.480 e. The number of nitrogens with one attached hydrogen (secondary N) is 1. The predicted molar refractivity (Wildman–Crippen MR) is 77.0 cm³/mol. The van der Waals surface area contributed by atoms with E-state index in [1.54, 1.807) is 13.3 Å². The summed E-state index contributed by atoms with van der Waals surface area (Å²) in [5.74, 6) is 2.42. The summed E-state index contributed by atoms with van der Waals surface area (Å²) in [6.45, 7) is 0.902. The molecule has 0 spiro atoms. The molecule has 0 saturated heterocycles. The highest BCUT2D eigenvalue weighted by Crippen LogP contribution is 2.21. The lowest BCUT2D eigenvalue weighted by Crippen LogP contribution is -2.06. The van der Waals surface area contributed by atoms with E-state index in [-0.39, 0.29) is 0 Å². The number of ether oxygens (including phenoxy) is 1. The van der Waals surface area contributed by atoms with E-state index in [4.69, 9.17) is 4.74 Å². The quantitative estimate of drug-likeness (QED) is 0.746. The predicted octanol–water partition coefficient (Wildman–Crippen LogP) is 3.19. The molecule has 0 aliphatic carbocycles. The molecule has 96 valence electrons. The maximum atomic E-state index is 5.10. The van der Waals surface area contributed by atoms with Crippen molar-refractivity contribution in [2.45, 2.75) is 19.3 Å². The van der Waals surface area contributed by atoms with Crippen molar-refractivity contribution >= 4 is 33.6 Å². The Bertz CT molecular complexity index is 338. The van der Waals surface area contributed by atoms with Crippen molar-refractivity contribution in [3.8, 4) is 5.88 Å². The topological polar surface area (TPSA) is 47.0 Å². The van der Waals surface area contributed by atoms with Crippen molar-refractivity contribution in [1.82, 2.24) is 9.97 Å². The average molecular weight is 320 g/mol. The van der Waals surface area contributed by atoms with Gasteiger partial charge in [-0.15, -0.1) is 0 Å². The minimum Gasteiger partial charge on any atom is -0.480 e. The minimum absolute atomic E-state index is 0.560. The highest BCUT2D eigenvalue weighted by Gasteiger charge is 2.03. The Morgan fingerprint density at radius 3 is 2.94 bits per heavy atom. The van der Waals surface area contributed by atoms with E-state index in [1.165, 1.54) is 18.6 Å². The number of methoxy groups -OCH3 is 1. The molecule has 1 heterocycles. The molecule has 4 nitrogen and oxygen atoms in total. The molecule has 17 heavy (non-hydrogen) atoms. The molecule has 6 heteroatoms. The van der Waals surface area contributed by atoms with Gasteiger partial charge in [-0.2, -0.15) is 16.7 Å². The monoisotopic (exact) mass is 319 g/mol. The van der Waals surface area contributed by atoms with Gasteiger partial charge in [0.25, 0.3) is 0 Å². The van der Waals surface area contributed by atoms with Gasteiger partial charge in [0.15, 0.2) is 0 Å². The van der Waals surface area contributed by atoms with Gasteiger partial charge >= 0.3 is 0 Å². The molecule has 0 amide bonds. The van der Waals surface area contributed by atoms with Crippen LogP contribution in [0, 0.1) is 0 Å². The number of rotatable bonds is 8. The molecule has 0 aliphatic heterocycles. The molecule has 1 aromatic rings. The molecular formula is C11H18BrN3OS. The Morgan fingerprint density at radius 1 is 1.41 bits per heavy atom. The summed E-state index contributed by atoms with van der Waals surface area (Å²) in [4.78, 5) is 8.40. The first-order valence-electron chi connectivity index (χ1n) is 5.57. The van der Waals surface area contributed by atoms with E-state index in [2.05, 4.69) is 37.5 Å². The lowest BCUT2D eigenvalue weighted by Gasteiger charge is -2.06. The highest BCUT2D eigenvalue weighted by atomic mass is 79.9. The van der Waals surface area contributed by atoms with Gasteiger partial charge in [-0.3, -0.25) is 0 Å². The first-order valence-corrected chi connectivity index (χ1v) is 7.76. The zero-order valence-corrected chi connectivity index (χ0v) is 12.6. The molecule has 0 aromatic carbocycles. The Labute approximate surface area is 115 Å². The third-order valence-electron chi connectivity index (χ3n) is 2.21. The fourth-order valence-electron chi connectivity index (χ4n) is 1.33. The van der Waals surface area contributed by atoms with Crippen LogP contribution in [0.5, 0.6) is 5.88 Å². The SMILES string of the molecule is COc1nc(NCCCCCSC)ncc1Br. The molecular weight excluding hydrogens is 302 g/mol. The van der Waals surface area contributed by atoms with Crippen molar-refractivity contribution in [3.05, 3.63) is 10.7 Å². The van der Waals surface area contributed by atoms with Crippen LogP contribution in [0.2, 0.25) is 0 Å². The van der Waals surface area contributed by atoms with Crippen LogP contribution in [0.25, 0.3) is 0 Å². The summed E-state index contributed by atoms with van der Waals surface area (Å²) in [7, 11) is 1.60. The van der Waals surface area contributed by atoms with Crippen LogP contribution < -0.4 is 10.1 Å². The number of thioether (sulfide) groups is 1. The van der Waals surface area contributed by atoms with E-state index in [9.17, 15) is 0 Å². The minimum atomic E-state index is 0.560. The number of nitrogens with zero attached hydrogens (tertiary/aromatic N) is 2. The number of unbranched alkanes of at least 4 members (excludes halogenated alkanes) is 2. The van der Waals surface area contributed by atoms with Gasteiger partial charge in [0.05, 0.1) is 17.8 Å². The Morgan fingerprint density at radius 2 is 2.24 bits per heavy atom. The van der Waals surface area contributed by atoms with Crippen LogP contribution in [0.4, 0.5) is 5.95 Å². The molecule has 0 saturated carbocycles. The van der Waals surface area contributed by atoms with Crippen molar-refractivity contribution in [2.24, 2.45) is 0 Å². The second kappa shape index (κ2) is 8.58. The lowest BCUT2D eigenvalue weighted by atomic mass is 10.2. The second-order valence-electron chi connectivity index (χ2n) is 3.53. The standard InChI is InChI=1S/C11H18BrN3OS/c1-16-10-9(12)8-14-11(15-10)13-6-4-3-5-7-17-2/h8H,3-7H2,1-2H3,(H,13,14,15). The molecule has 1 rings (SSSR count). The summed E-state index contributed by atoms with van der Waals surface area (Å²) in [6, 6.07) is 0. The van der Waals surface area contributed by atoms with E-state index in [1.807, 2.05) is 11.8 Å². The van der Waals surface area contributed by atoms with Crippen LogP contribution in [0.1, 0.15) is 19.3 Å². The molecule has 0 unspecified atom stereocenters. The Balaban J connectivity index is 2.27. The third kappa shape index (κ3) is 5.59. The van der Waals surface area contributed by atoms with Crippen LogP contribution in [0.15, 0.2) is 10.7 Å². The van der Waals surface area contributed by atoms with Gasteiger partial charge in [0.1, 0.15) is 0 Å². The highest BCUT2D eigenvalue weighted by molar-refractivity contribution is 9.10. The van der Waals surface area contributed by atoms with Crippen molar-refractivity contribution < 1.29 is 4.74 Å². The maximum Gasteiger partial charge on any atom is 0.232 e. The number of hydrogen-bond donors (Lipinski definition) is 1. The molecule has 1 N–H and O–H groups in total. The van der Waals surface area contributed by atoms with Gasteiger partial charge in [-0.25, -0.2) is 4.98 Å². The third-order valence-corrected chi connectivity index (χ3v) is 3.45. The number of halogens is 1. The molecule has 0 bridgehead atoms. The van der Waals surface area contributed by atoms with Gasteiger partial charge in [0, 0.05) is 6.54 Å². The number of anilines is 1. The van der Waals surface area contributed by atoms with E-state index in [0.717, 1.165) is 17.4 Å². The second-order valence-corrected chi connectivity index (χ2v) is 5.37. The molecule has 0 aliphatic rings. The summed E-state index contributed by atoms with van der Waals surface area (Å²) in [6.07, 6.45) is 7.49. The lowest BCUT2D eigenvalue weighted by molar-refractivity contribution is 0.394. The van der Waals surface area contributed by atoms with Crippen molar-refractivity contribution in [2.75, 3.05) is 31.0 Å². The van der Waals surface area contributed by atoms with E-state index in [0.29, 0.717) is 11.8 Å². The summed E-state index contributed by atoms with van der Waals surface area (Å²) in [5.41, 5.74) is 0. The Kier molecular flexibility index (Phi) is 7.35. The fourth-order valence-corrected chi connectivity index (χ4v) is 2.17. The van der Waals surface area contributed by atoms with Gasteiger partial charge in [-0.05, 0) is 40.8 Å². The van der Waals surface area contributed by atoms with Crippen molar-refractivity contribution in [1.29, 1.82) is 0 Å². The molecule has 0 fully saturated rings. The molecule has 0 atom stereocenters. The van der Waals surface area contributed by atoms with E-state index >= 15 is 0 Å². The average Bonchev–Trinajstić information content (AvgIpc) is 2.35. The van der Waals surface area contributed by atoms with Crippen LogP contribution >= 0.6 is 27.7 Å². The van der Waals surface area contributed by atoms with Gasteiger partial charge in [-0.1, -0.05) is 6.42 Å². The first-order chi connectivity index (χ1) is 8.27. The summed E-state index contributed by atoms with van der Waals surface area (Å²) >= 11 is 5.22. The number of aromatic nitrogens is 2. The van der Waals surface area contributed by atoms with Gasteiger partial charge < -0.3 is 10.1 Å². The van der Waals surface area contributed by atoms with Crippen LogP contribution in [-0.4, -0.2) is 35.6 Å². The first kappa shape index (κ1) is 14.6. The zero-order chi connectivity index (χ0) is 12.5. The van der Waals surface area contributed by atoms with Gasteiger partial charge in [0.2, 0.25) is 11.8 Å². The molecule has 1 aromatic heterocycles. The zero-order valence-electron chi connectivity index (χ0n) is 10.2.